The molecule has 1 N–H and O–H groups in total. The summed E-state index contributed by atoms with van der Waals surface area (Å²) in [4.78, 5) is 10.9. The second-order valence-corrected chi connectivity index (χ2v) is 4.53. The van der Waals surface area contributed by atoms with Gasteiger partial charge in [0, 0.05) is 18.5 Å². The molecule has 0 aliphatic heterocycles. The normalized spacial score (nSPS) is 14.5. The molecule has 1 heterocycles. The van der Waals surface area contributed by atoms with Crippen LogP contribution < -0.4 is 5.32 Å². The van der Waals surface area contributed by atoms with Crippen LogP contribution in [-0.2, 0) is 6.54 Å². The fourth-order valence-electron chi connectivity index (χ4n) is 2.24. The highest BCUT2D eigenvalue weighted by Crippen LogP contribution is 2.31. The second-order valence-electron chi connectivity index (χ2n) is 4.53. The molecule has 1 rings (SSSR count). The fourth-order valence-corrected chi connectivity index (χ4v) is 2.24. The van der Waals surface area contributed by atoms with Crippen LogP contribution in [0.3, 0.4) is 0 Å². The first kappa shape index (κ1) is 14.6. The molecule has 6 nitrogen and oxygen atoms in total. The molecule has 0 bridgehead atoms. The maximum atomic E-state index is 11.2. The molecule has 0 radical (unpaired) electrons. The van der Waals surface area contributed by atoms with Gasteiger partial charge in [-0.1, -0.05) is 13.8 Å². The standard InChI is InChI=1S/C12H22N4O2/c1-6-13-9(4)8(3)11-12(16(17)18)10(5)14-15(11)7-2/h8-9,13H,6-7H2,1-5H3. The SMILES string of the molecule is CCNC(C)C(C)c1c([N+](=O)[O-])c(C)nn1CC. The number of aryl methyl sites for hydroxylation is 2. The van der Waals surface area contributed by atoms with E-state index in [2.05, 4.69) is 10.4 Å². The Kier molecular flexibility index (Phi) is 4.84. The second kappa shape index (κ2) is 5.95. The van der Waals surface area contributed by atoms with Gasteiger partial charge in [0.1, 0.15) is 11.4 Å². The van der Waals surface area contributed by atoms with Crippen molar-refractivity contribution in [3.05, 3.63) is 21.5 Å². The van der Waals surface area contributed by atoms with E-state index in [4.69, 9.17) is 0 Å². The van der Waals surface area contributed by atoms with Crippen LogP contribution in [0.5, 0.6) is 0 Å². The Hall–Kier alpha value is -1.43. The number of nitrogens with one attached hydrogen (secondary N) is 1. The molecule has 2 atom stereocenters. The Morgan fingerprint density at radius 1 is 1.44 bits per heavy atom. The van der Waals surface area contributed by atoms with Crippen LogP contribution in [-0.4, -0.2) is 27.3 Å². The smallest absolute Gasteiger partial charge is 0.313 e. The predicted molar refractivity (Wildman–Crippen MR) is 70.8 cm³/mol. The minimum absolute atomic E-state index is 0.0477. The van der Waals surface area contributed by atoms with Crippen LogP contribution in [0.4, 0.5) is 5.69 Å². The van der Waals surface area contributed by atoms with Gasteiger partial charge in [0.2, 0.25) is 0 Å². The van der Waals surface area contributed by atoms with Crippen LogP contribution in [0.15, 0.2) is 0 Å². The van der Waals surface area contributed by atoms with E-state index >= 15 is 0 Å². The average molecular weight is 254 g/mol. The molecule has 0 saturated carbocycles. The molecule has 0 saturated heterocycles. The lowest BCUT2D eigenvalue weighted by molar-refractivity contribution is -0.386. The molecule has 0 aromatic carbocycles. The number of hydrogen-bond acceptors (Lipinski definition) is 4. The van der Waals surface area contributed by atoms with Crippen molar-refractivity contribution in [3.8, 4) is 0 Å². The molecule has 18 heavy (non-hydrogen) atoms. The monoisotopic (exact) mass is 254 g/mol. The van der Waals surface area contributed by atoms with Crippen LogP contribution >= 0.6 is 0 Å². The maximum absolute atomic E-state index is 11.2. The van der Waals surface area contributed by atoms with E-state index in [0.29, 0.717) is 17.9 Å². The third-order valence-electron chi connectivity index (χ3n) is 3.32. The topological polar surface area (TPSA) is 73.0 Å². The van der Waals surface area contributed by atoms with E-state index in [1.807, 2.05) is 27.7 Å². The number of hydrogen-bond donors (Lipinski definition) is 1. The van der Waals surface area contributed by atoms with Gasteiger partial charge in [-0.25, -0.2) is 0 Å². The van der Waals surface area contributed by atoms with Crippen LogP contribution in [0.1, 0.15) is 45.0 Å². The summed E-state index contributed by atoms with van der Waals surface area (Å²) in [5, 5.41) is 18.8. The van der Waals surface area contributed by atoms with Crippen molar-refractivity contribution in [3.63, 3.8) is 0 Å². The predicted octanol–water partition coefficient (Wildman–Crippen LogP) is 2.22. The molecular formula is C12H22N4O2. The Labute approximate surface area is 108 Å². The third kappa shape index (κ3) is 2.69. The molecule has 0 spiro atoms. The molecular weight excluding hydrogens is 232 g/mol. The summed E-state index contributed by atoms with van der Waals surface area (Å²) in [7, 11) is 0. The van der Waals surface area contributed by atoms with Crippen LogP contribution in [0.25, 0.3) is 0 Å². The molecule has 1 aromatic heterocycles. The van der Waals surface area contributed by atoms with Crippen molar-refractivity contribution in [1.29, 1.82) is 0 Å². The summed E-state index contributed by atoms with van der Waals surface area (Å²) in [5.74, 6) is 0.0477. The van der Waals surface area contributed by atoms with E-state index in [-0.39, 0.29) is 22.6 Å². The Morgan fingerprint density at radius 2 is 2.06 bits per heavy atom. The number of nitrogens with zero attached hydrogens (tertiary/aromatic N) is 3. The summed E-state index contributed by atoms with van der Waals surface area (Å²) in [6, 6.07) is 0.176. The molecule has 0 fully saturated rings. The van der Waals surface area contributed by atoms with Gasteiger partial charge in [0.05, 0.1) is 4.92 Å². The van der Waals surface area contributed by atoms with Crippen molar-refractivity contribution in [2.45, 2.75) is 53.1 Å². The molecule has 2 unspecified atom stereocenters. The maximum Gasteiger partial charge on any atom is 0.313 e. The molecule has 6 heteroatoms. The minimum atomic E-state index is -0.320. The van der Waals surface area contributed by atoms with Crippen LogP contribution in [0, 0.1) is 17.0 Å². The molecule has 1 aromatic rings. The highest BCUT2D eigenvalue weighted by Gasteiger charge is 2.30. The Morgan fingerprint density at radius 3 is 2.50 bits per heavy atom. The number of likely N-dealkylation sites (N-methyl/N-ethyl adjacent to an activating group) is 1. The van der Waals surface area contributed by atoms with Gasteiger partial charge >= 0.3 is 5.69 Å². The lowest BCUT2D eigenvalue weighted by atomic mass is 9.98. The van der Waals surface area contributed by atoms with Gasteiger partial charge in [0.25, 0.3) is 0 Å². The van der Waals surface area contributed by atoms with Gasteiger partial charge in [0.15, 0.2) is 0 Å². The summed E-state index contributed by atoms with van der Waals surface area (Å²) < 4.78 is 1.74. The van der Waals surface area contributed by atoms with Crippen molar-refractivity contribution >= 4 is 5.69 Å². The van der Waals surface area contributed by atoms with E-state index < -0.39 is 0 Å². The van der Waals surface area contributed by atoms with Gasteiger partial charge in [-0.2, -0.15) is 5.10 Å². The lowest BCUT2D eigenvalue weighted by Crippen LogP contribution is -2.32. The van der Waals surface area contributed by atoms with E-state index in [9.17, 15) is 10.1 Å². The summed E-state index contributed by atoms with van der Waals surface area (Å²) in [6.07, 6.45) is 0. The molecule has 102 valence electrons. The van der Waals surface area contributed by atoms with Gasteiger partial charge < -0.3 is 5.32 Å². The first-order valence-electron chi connectivity index (χ1n) is 6.39. The molecule has 0 amide bonds. The Bertz CT molecular complexity index is 428. The largest absolute Gasteiger partial charge is 0.314 e. The van der Waals surface area contributed by atoms with Crippen molar-refractivity contribution in [1.82, 2.24) is 15.1 Å². The summed E-state index contributed by atoms with van der Waals surface area (Å²) >= 11 is 0. The lowest BCUT2D eigenvalue weighted by Gasteiger charge is -2.20. The van der Waals surface area contributed by atoms with Crippen molar-refractivity contribution in [2.75, 3.05) is 6.54 Å². The quantitative estimate of drug-likeness (QED) is 0.624. The summed E-state index contributed by atoms with van der Waals surface area (Å²) in [6.45, 7) is 11.2. The zero-order valence-corrected chi connectivity index (χ0v) is 11.7. The zero-order valence-electron chi connectivity index (χ0n) is 11.7. The van der Waals surface area contributed by atoms with Gasteiger partial charge in [-0.15, -0.1) is 0 Å². The highest BCUT2D eigenvalue weighted by molar-refractivity contribution is 5.43. The fraction of sp³-hybridized carbons (Fsp3) is 0.750. The third-order valence-corrected chi connectivity index (χ3v) is 3.32. The molecule has 0 aliphatic carbocycles. The van der Waals surface area contributed by atoms with E-state index in [1.165, 1.54) is 0 Å². The first-order valence-corrected chi connectivity index (χ1v) is 6.39. The van der Waals surface area contributed by atoms with Crippen LogP contribution in [0.2, 0.25) is 0 Å². The first-order chi connectivity index (χ1) is 8.43. The zero-order chi connectivity index (χ0) is 13.9. The van der Waals surface area contributed by atoms with Gasteiger partial charge in [-0.05, 0) is 27.3 Å². The summed E-state index contributed by atoms with van der Waals surface area (Å²) in [5.41, 5.74) is 1.37. The Balaban J connectivity index is 3.23. The number of aromatic nitrogens is 2. The van der Waals surface area contributed by atoms with E-state index in [1.54, 1.807) is 11.6 Å². The number of rotatable bonds is 6. The highest BCUT2D eigenvalue weighted by atomic mass is 16.6. The number of nitro groups is 1. The van der Waals surface area contributed by atoms with Crippen molar-refractivity contribution in [2.24, 2.45) is 0 Å². The minimum Gasteiger partial charge on any atom is -0.314 e. The average Bonchev–Trinajstić information content (AvgIpc) is 2.65. The molecule has 0 aliphatic rings. The van der Waals surface area contributed by atoms with Gasteiger partial charge in [-0.3, -0.25) is 14.8 Å². The van der Waals surface area contributed by atoms with E-state index in [0.717, 1.165) is 6.54 Å². The van der Waals surface area contributed by atoms with Crippen molar-refractivity contribution < 1.29 is 4.92 Å².